The van der Waals surface area contributed by atoms with E-state index in [1.807, 2.05) is 22.5 Å². The van der Waals surface area contributed by atoms with Crippen molar-refractivity contribution in [2.45, 2.75) is 18.8 Å². The summed E-state index contributed by atoms with van der Waals surface area (Å²) in [5.74, 6) is 0.564. The van der Waals surface area contributed by atoms with Gasteiger partial charge in [0.2, 0.25) is 0 Å². The number of thiazole rings is 1. The lowest BCUT2D eigenvalue weighted by Gasteiger charge is -2.31. The minimum absolute atomic E-state index is 0.0734. The predicted molar refractivity (Wildman–Crippen MR) is 81.4 cm³/mol. The zero-order chi connectivity index (χ0) is 13.9. The van der Waals surface area contributed by atoms with Crippen LogP contribution in [-0.4, -0.2) is 28.9 Å². The summed E-state index contributed by atoms with van der Waals surface area (Å²) in [5.41, 5.74) is 3.72. The van der Waals surface area contributed by atoms with Crippen LogP contribution in [0.5, 0.6) is 0 Å². The highest BCUT2D eigenvalue weighted by atomic mass is 35.5. The van der Waals surface area contributed by atoms with Crippen molar-refractivity contribution >= 4 is 28.8 Å². The van der Waals surface area contributed by atoms with Gasteiger partial charge in [-0.2, -0.15) is 0 Å². The molecule has 1 aromatic carbocycles. The fourth-order valence-corrected chi connectivity index (χ4v) is 3.43. The number of hydrogen-bond acceptors (Lipinski definition) is 3. The Morgan fingerprint density at radius 3 is 2.80 bits per heavy atom. The first kappa shape index (κ1) is 13.6. The summed E-state index contributed by atoms with van der Waals surface area (Å²) in [6.07, 6.45) is 1.96. The lowest BCUT2D eigenvalue weighted by atomic mass is 9.94. The Labute approximate surface area is 127 Å². The summed E-state index contributed by atoms with van der Waals surface area (Å²) >= 11 is 7.57. The van der Waals surface area contributed by atoms with E-state index in [-0.39, 0.29) is 5.91 Å². The van der Waals surface area contributed by atoms with Gasteiger partial charge in [0.1, 0.15) is 0 Å². The van der Waals surface area contributed by atoms with Crippen LogP contribution in [0.15, 0.2) is 35.2 Å². The van der Waals surface area contributed by atoms with Gasteiger partial charge in [0.25, 0.3) is 5.91 Å². The van der Waals surface area contributed by atoms with E-state index in [0.29, 0.717) is 16.5 Å². The molecular formula is C15H15ClN2OS. The van der Waals surface area contributed by atoms with E-state index < -0.39 is 0 Å². The van der Waals surface area contributed by atoms with Crippen molar-refractivity contribution in [3.8, 4) is 0 Å². The number of rotatable bonds is 2. The summed E-state index contributed by atoms with van der Waals surface area (Å²) < 4.78 is 0. The monoisotopic (exact) mass is 306 g/mol. The maximum Gasteiger partial charge on any atom is 0.253 e. The second-order valence-electron chi connectivity index (χ2n) is 4.99. The van der Waals surface area contributed by atoms with Gasteiger partial charge in [-0.15, -0.1) is 11.3 Å². The first-order valence-corrected chi connectivity index (χ1v) is 7.99. The third-order valence-corrected chi connectivity index (χ3v) is 4.56. The zero-order valence-corrected chi connectivity index (χ0v) is 12.5. The predicted octanol–water partition coefficient (Wildman–Crippen LogP) is 3.82. The van der Waals surface area contributed by atoms with Gasteiger partial charge in [-0.25, -0.2) is 4.98 Å². The van der Waals surface area contributed by atoms with Crippen molar-refractivity contribution in [1.29, 1.82) is 0 Å². The lowest BCUT2D eigenvalue weighted by Crippen LogP contribution is -2.37. The largest absolute Gasteiger partial charge is 0.339 e. The van der Waals surface area contributed by atoms with Crippen molar-refractivity contribution in [2.75, 3.05) is 13.1 Å². The fourth-order valence-electron chi connectivity index (χ4n) is 2.61. The van der Waals surface area contributed by atoms with Crippen LogP contribution in [0.4, 0.5) is 0 Å². The Balaban J connectivity index is 1.65. The zero-order valence-electron chi connectivity index (χ0n) is 11.0. The summed E-state index contributed by atoms with van der Waals surface area (Å²) in [4.78, 5) is 18.7. The molecule has 1 fully saturated rings. The van der Waals surface area contributed by atoms with E-state index in [1.165, 1.54) is 5.69 Å². The highest BCUT2D eigenvalue weighted by Crippen LogP contribution is 2.28. The number of carbonyl (C=O) groups excluding carboxylic acids is 1. The van der Waals surface area contributed by atoms with Crippen molar-refractivity contribution in [1.82, 2.24) is 9.88 Å². The molecule has 2 heterocycles. The summed E-state index contributed by atoms with van der Waals surface area (Å²) in [5, 5.41) is 2.72. The Kier molecular flexibility index (Phi) is 4.03. The third-order valence-electron chi connectivity index (χ3n) is 3.72. The number of benzene rings is 1. The molecule has 3 rings (SSSR count). The molecule has 1 aliphatic heterocycles. The molecule has 0 unspecified atom stereocenters. The normalized spacial score (nSPS) is 16.4. The Morgan fingerprint density at radius 1 is 1.35 bits per heavy atom. The first-order chi connectivity index (χ1) is 9.74. The van der Waals surface area contributed by atoms with E-state index in [4.69, 9.17) is 11.6 Å². The molecule has 0 saturated carbocycles. The topological polar surface area (TPSA) is 33.2 Å². The van der Waals surface area contributed by atoms with Gasteiger partial charge in [-0.3, -0.25) is 4.79 Å². The molecule has 0 bridgehead atoms. The Hall–Kier alpha value is -1.39. The standard InChI is InChI=1S/C15H15ClN2OS/c16-13-3-1-2-12(8-13)15(19)18-6-4-11(5-7-18)14-9-20-10-17-14/h1-3,8-11H,4-7H2. The van der Waals surface area contributed by atoms with E-state index in [2.05, 4.69) is 10.4 Å². The summed E-state index contributed by atoms with van der Waals surface area (Å²) in [7, 11) is 0. The van der Waals surface area contributed by atoms with Gasteiger partial charge in [-0.1, -0.05) is 17.7 Å². The third kappa shape index (κ3) is 2.86. The molecule has 0 radical (unpaired) electrons. The maximum atomic E-state index is 12.4. The van der Waals surface area contributed by atoms with Gasteiger partial charge in [0.15, 0.2) is 0 Å². The second kappa shape index (κ2) is 5.94. The molecule has 1 aliphatic rings. The maximum absolute atomic E-state index is 12.4. The average molecular weight is 307 g/mol. The number of carbonyl (C=O) groups is 1. The van der Waals surface area contributed by atoms with Crippen LogP contribution in [-0.2, 0) is 0 Å². The number of amides is 1. The summed E-state index contributed by atoms with van der Waals surface area (Å²) in [6.45, 7) is 1.57. The van der Waals surface area contributed by atoms with E-state index in [1.54, 1.807) is 23.5 Å². The smallest absolute Gasteiger partial charge is 0.253 e. The highest BCUT2D eigenvalue weighted by molar-refractivity contribution is 7.07. The SMILES string of the molecule is O=C(c1cccc(Cl)c1)N1CCC(c2cscn2)CC1. The molecule has 0 N–H and O–H groups in total. The molecule has 20 heavy (non-hydrogen) atoms. The number of nitrogens with zero attached hydrogens (tertiary/aromatic N) is 2. The van der Waals surface area contributed by atoms with Crippen LogP contribution in [0.1, 0.15) is 34.8 Å². The van der Waals surface area contributed by atoms with Gasteiger partial charge < -0.3 is 4.90 Å². The molecule has 0 aliphatic carbocycles. The van der Waals surface area contributed by atoms with E-state index >= 15 is 0 Å². The molecule has 1 amide bonds. The molecule has 1 saturated heterocycles. The Morgan fingerprint density at radius 2 is 2.15 bits per heavy atom. The van der Waals surface area contributed by atoms with Crippen LogP contribution >= 0.6 is 22.9 Å². The van der Waals surface area contributed by atoms with E-state index in [9.17, 15) is 4.79 Å². The van der Waals surface area contributed by atoms with Crippen molar-refractivity contribution in [3.63, 3.8) is 0 Å². The molecule has 1 aromatic heterocycles. The quantitative estimate of drug-likeness (QED) is 0.845. The average Bonchev–Trinajstić information content (AvgIpc) is 3.01. The van der Waals surface area contributed by atoms with Gasteiger partial charge in [0.05, 0.1) is 11.2 Å². The minimum Gasteiger partial charge on any atom is -0.339 e. The number of halogens is 1. The van der Waals surface area contributed by atoms with Gasteiger partial charge >= 0.3 is 0 Å². The lowest BCUT2D eigenvalue weighted by molar-refractivity contribution is 0.0712. The Bertz CT molecular complexity index is 592. The molecular weight excluding hydrogens is 292 g/mol. The number of likely N-dealkylation sites (tertiary alicyclic amines) is 1. The first-order valence-electron chi connectivity index (χ1n) is 6.67. The molecule has 5 heteroatoms. The minimum atomic E-state index is 0.0734. The number of piperidine rings is 1. The van der Waals surface area contributed by atoms with Crippen molar-refractivity contribution in [3.05, 3.63) is 51.4 Å². The highest BCUT2D eigenvalue weighted by Gasteiger charge is 2.25. The van der Waals surface area contributed by atoms with Crippen molar-refractivity contribution in [2.24, 2.45) is 0 Å². The number of hydrogen-bond donors (Lipinski definition) is 0. The van der Waals surface area contributed by atoms with Crippen LogP contribution in [0, 0.1) is 0 Å². The molecule has 0 spiro atoms. The summed E-state index contributed by atoms with van der Waals surface area (Å²) in [6, 6.07) is 7.15. The molecule has 0 atom stereocenters. The molecule has 104 valence electrons. The van der Waals surface area contributed by atoms with Gasteiger partial charge in [-0.05, 0) is 31.0 Å². The van der Waals surface area contributed by atoms with Crippen LogP contribution < -0.4 is 0 Å². The van der Waals surface area contributed by atoms with Crippen LogP contribution in [0.2, 0.25) is 5.02 Å². The molecule has 3 nitrogen and oxygen atoms in total. The van der Waals surface area contributed by atoms with Crippen LogP contribution in [0.3, 0.4) is 0 Å². The second-order valence-corrected chi connectivity index (χ2v) is 6.15. The molecule has 2 aromatic rings. The van der Waals surface area contributed by atoms with Crippen molar-refractivity contribution < 1.29 is 4.79 Å². The van der Waals surface area contributed by atoms with E-state index in [0.717, 1.165) is 25.9 Å². The fraction of sp³-hybridized carbons (Fsp3) is 0.333. The number of aromatic nitrogens is 1. The van der Waals surface area contributed by atoms with Crippen LogP contribution in [0.25, 0.3) is 0 Å². The van der Waals surface area contributed by atoms with Gasteiger partial charge in [0, 0.05) is 35.0 Å².